The van der Waals surface area contributed by atoms with Gasteiger partial charge in [-0.25, -0.2) is 0 Å². The van der Waals surface area contributed by atoms with E-state index in [-0.39, 0.29) is 11.8 Å². The standard InChI is InChI=1S/C11H18N2O2/c1-8-2-4-9(5-3-8)13-6-10(14)12-11(15)7-13/h8-9H,2-7H2,1H3,(H,12,14,15). The first-order valence-electron chi connectivity index (χ1n) is 5.72. The molecule has 2 aliphatic rings. The average Bonchev–Trinajstić information content (AvgIpc) is 2.17. The number of carbonyl (C=O) groups is 2. The van der Waals surface area contributed by atoms with Crippen molar-refractivity contribution in [3.05, 3.63) is 0 Å². The third-order valence-corrected chi connectivity index (χ3v) is 3.47. The highest BCUT2D eigenvalue weighted by Gasteiger charge is 2.30. The van der Waals surface area contributed by atoms with Gasteiger partial charge in [0, 0.05) is 6.04 Å². The third-order valence-electron chi connectivity index (χ3n) is 3.47. The van der Waals surface area contributed by atoms with Gasteiger partial charge in [-0.05, 0) is 31.6 Å². The molecule has 0 atom stereocenters. The number of imide groups is 1. The van der Waals surface area contributed by atoms with Crippen LogP contribution in [0.25, 0.3) is 0 Å². The molecule has 1 saturated heterocycles. The van der Waals surface area contributed by atoms with Crippen molar-refractivity contribution in [2.75, 3.05) is 13.1 Å². The molecule has 0 unspecified atom stereocenters. The van der Waals surface area contributed by atoms with E-state index in [1.807, 2.05) is 4.90 Å². The van der Waals surface area contributed by atoms with Crippen molar-refractivity contribution >= 4 is 11.8 Å². The van der Waals surface area contributed by atoms with Crippen molar-refractivity contribution in [1.29, 1.82) is 0 Å². The van der Waals surface area contributed by atoms with Gasteiger partial charge in [0.15, 0.2) is 0 Å². The minimum Gasteiger partial charge on any atom is -0.294 e. The Hall–Kier alpha value is -0.900. The van der Waals surface area contributed by atoms with Gasteiger partial charge in [-0.2, -0.15) is 0 Å². The Balaban J connectivity index is 1.92. The first-order chi connectivity index (χ1) is 7.15. The summed E-state index contributed by atoms with van der Waals surface area (Å²) in [5.74, 6) is 0.505. The maximum absolute atomic E-state index is 11.2. The van der Waals surface area contributed by atoms with Crippen LogP contribution in [0.2, 0.25) is 0 Å². The number of amides is 2. The van der Waals surface area contributed by atoms with Gasteiger partial charge in [-0.15, -0.1) is 0 Å². The molecule has 0 aromatic rings. The first-order valence-corrected chi connectivity index (χ1v) is 5.72. The average molecular weight is 210 g/mol. The maximum Gasteiger partial charge on any atom is 0.240 e. The van der Waals surface area contributed by atoms with Gasteiger partial charge in [-0.3, -0.25) is 19.8 Å². The van der Waals surface area contributed by atoms with Gasteiger partial charge in [0.05, 0.1) is 13.1 Å². The molecule has 1 heterocycles. The van der Waals surface area contributed by atoms with Crippen LogP contribution in [0.15, 0.2) is 0 Å². The normalized spacial score (nSPS) is 33.9. The Morgan fingerprint density at radius 2 is 1.60 bits per heavy atom. The molecule has 1 N–H and O–H groups in total. The summed E-state index contributed by atoms with van der Waals surface area (Å²) in [5.41, 5.74) is 0. The largest absolute Gasteiger partial charge is 0.294 e. The molecule has 0 radical (unpaired) electrons. The van der Waals surface area contributed by atoms with E-state index in [1.54, 1.807) is 0 Å². The van der Waals surface area contributed by atoms with Crippen LogP contribution >= 0.6 is 0 Å². The lowest BCUT2D eigenvalue weighted by molar-refractivity contribution is -0.137. The molecular weight excluding hydrogens is 192 g/mol. The summed E-state index contributed by atoms with van der Waals surface area (Å²) < 4.78 is 0. The molecule has 0 aromatic carbocycles. The summed E-state index contributed by atoms with van der Waals surface area (Å²) in [6.45, 7) is 3.06. The number of hydrogen-bond donors (Lipinski definition) is 1. The van der Waals surface area contributed by atoms with Crippen molar-refractivity contribution in [2.45, 2.75) is 38.6 Å². The summed E-state index contributed by atoms with van der Waals surface area (Å²) in [4.78, 5) is 24.5. The smallest absolute Gasteiger partial charge is 0.240 e. The second-order valence-corrected chi connectivity index (χ2v) is 4.79. The molecule has 1 saturated carbocycles. The zero-order chi connectivity index (χ0) is 10.8. The highest BCUT2D eigenvalue weighted by Crippen LogP contribution is 2.27. The number of nitrogens with one attached hydrogen (secondary N) is 1. The molecule has 84 valence electrons. The number of nitrogens with zero attached hydrogens (tertiary/aromatic N) is 1. The van der Waals surface area contributed by atoms with Crippen molar-refractivity contribution < 1.29 is 9.59 Å². The van der Waals surface area contributed by atoms with Gasteiger partial charge in [-0.1, -0.05) is 6.92 Å². The maximum atomic E-state index is 11.2. The Bertz CT molecular complexity index is 254. The van der Waals surface area contributed by atoms with Crippen LogP contribution in [0.3, 0.4) is 0 Å². The Morgan fingerprint density at radius 3 is 2.13 bits per heavy atom. The van der Waals surface area contributed by atoms with E-state index in [1.165, 1.54) is 12.8 Å². The molecule has 2 amide bonds. The van der Waals surface area contributed by atoms with Crippen LogP contribution in [0.5, 0.6) is 0 Å². The summed E-state index contributed by atoms with van der Waals surface area (Å²) in [7, 11) is 0. The van der Waals surface area contributed by atoms with Gasteiger partial charge in [0.1, 0.15) is 0 Å². The third kappa shape index (κ3) is 2.56. The Labute approximate surface area is 90.0 Å². The van der Waals surface area contributed by atoms with Crippen LogP contribution in [-0.2, 0) is 9.59 Å². The Kier molecular flexibility index (Phi) is 3.05. The fraction of sp³-hybridized carbons (Fsp3) is 0.818. The predicted octanol–water partition coefficient (Wildman–Crippen LogP) is 0.523. The van der Waals surface area contributed by atoms with Crippen molar-refractivity contribution in [1.82, 2.24) is 10.2 Å². The second-order valence-electron chi connectivity index (χ2n) is 4.79. The molecule has 2 fully saturated rings. The zero-order valence-electron chi connectivity index (χ0n) is 9.16. The van der Waals surface area contributed by atoms with E-state index in [4.69, 9.17) is 0 Å². The van der Waals surface area contributed by atoms with Crippen LogP contribution in [0.4, 0.5) is 0 Å². The van der Waals surface area contributed by atoms with Crippen LogP contribution in [-0.4, -0.2) is 35.8 Å². The van der Waals surface area contributed by atoms with Crippen molar-refractivity contribution in [2.24, 2.45) is 5.92 Å². The van der Waals surface area contributed by atoms with Gasteiger partial charge in [0.25, 0.3) is 0 Å². The molecule has 15 heavy (non-hydrogen) atoms. The van der Waals surface area contributed by atoms with Crippen molar-refractivity contribution in [3.8, 4) is 0 Å². The summed E-state index contributed by atoms with van der Waals surface area (Å²) >= 11 is 0. The van der Waals surface area contributed by atoms with E-state index >= 15 is 0 Å². The van der Waals surface area contributed by atoms with E-state index < -0.39 is 0 Å². The number of rotatable bonds is 1. The van der Waals surface area contributed by atoms with E-state index in [0.717, 1.165) is 18.8 Å². The fourth-order valence-corrected chi connectivity index (χ4v) is 2.53. The minimum atomic E-state index is -0.148. The van der Waals surface area contributed by atoms with Gasteiger partial charge < -0.3 is 0 Å². The Morgan fingerprint density at radius 1 is 1.07 bits per heavy atom. The van der Waals surface area contributed by atoms with E-state index in [0.29, 0.717) is 19.1 Å². The molecule has 2 rings (SSSR count). The highest BCUT2D eigenvalue weighted by molar-refractivity contribution is 5.99. The molecule has 4 heteroatoms. The van der Waals surface area contributed by atoms with E-state index in [9.17, 15) is 9.59 Å². The topological polar surface area (TPSA) is 49.4 Å². The molecule has 0 bridgehead atoms. The number of piperazine rings is 1. The highest BCUT2D eigenvalue weighted by atomic mass is 16.2. The molecule has 1 aliphatic carbocycles. The lowest BCUT2D eigenvalue weighted by Crippen LogP contribution is -2.55. The second kappa shape index (κ2) is 4.31. The number of hydrogen-bond acceptors (Lipinski definition) is 3. The molecular formula is C11H18N2O2. The molecule has 0 aromatic heterocycles. The zero-order valence-corrected chi connectivity index (χ0v) is 9.16. The van der Waals surface area contributed by atoms with Crippen LogP contribution in [0.1, 0.15) is 32.6 Å². The summed E-state index contributed by atoms with van der Waals surface area (Å²) in [6, 6.07) is 0.441. The van der Waals surface area contributed by atoms with Crippen LogP contribution in [0, 0.1) is 5.92 Å². The van der Waals surface area contributed by atoms with Crippen LogP contribution < -0.4 is 5.32 Å². The predicted molar refractivity (Wildman–Crippen MR) is 56.1 cm³/mol. The quantitative estimate of drug-likeness (QED) is 0.642. The molecule has 1 aliphatic heterocycles. The minimum absolute atomic E-state index is 0.148. The van der Waals surface area contributed by atoms with E-state index in [2.05, 4.69) is 12.2 Å². The molecule has 0 spiro atoms. The first kappa shape index (κ1) is 10.6. The number of carbonyl (C=O) groups excluding carboxylic acids is 2. The van der Waals surface area contributed by atoms with Crippen molar-refractivity contribution in [3.63, 3.8) is 0 Å². The lowest BCUT2D eigenvalue weighted by atomic mass is 9.86. The van der Waals surface area contributed by atoms with Gasteiger partial charge >= 0.3 is 0 Å². The van der Waals surface area contributed by atoms with Gasteiger partial charge in [0.2, 0.25) is 11.8 Å². The SMILES string of the molecule is CC1CCC(N2CC(=O)NC(=O)C2)CC1. The lowest BCUT2D eigenvalue weighted by Gasteiger charge is -2.37. The summed E-state index contributed by atoms with van der Waals surface area (Å²) in [5, 5.41) is 2.34. The molecule has 4 nitrogen and oxygen atoms in total. The fourth-order valence-electron chi connectivity index (χ4n) is 2.53. The monoisotopic (exact) mass is 210 g/mol. The summed E-state index contributed by atoms with van der Waals surface area (Å²) in [6.07, 6.45) is 4.69.